The maximum Gasteiger partial charge on any atom is 0.317 e. The first-order chi connectivity index (χ1) is 9.43. The van der Waals surface area contributed by atoms with E-state index in [9.17, 15) is 9.59 Å². The van der Waals surface area contributed by atoms with Gasteiger partial charge in [0.15, 0.2) is 0 Å². The van der Waals surface area contributed by atoms with E-state index in [0.717, 1.165) is 19.3 Å². The number of urea groups is 1. The Balaban J connectivity index is 2.45. The van der Waals surface area contributed by atoms with E-state index in [1.54, 1.807) is 11.0 Å². The number of aliphatic carboxylic acids is 1. The molecule has 0 unspecified atom stereocenters. The van der Waals surface area contributed by atoms with Crippen molar-refractivity contribution < 1.29 is 14.7 Å². The average Bonchev–Trinajstić information content (AvgIpc) is 3.15. The van der Waals surface area contributed by atoms with Crippen molar-refractivity contribution in [3.05, 3.63) is 12.7 Å². The molecule has 1 rings (SSSR count). The number of nitrogens with zero attached hydrogens (tertiary/aromatic N) is 1. The zero-order chi connectivity index (χ0) is 15.1. The highest BCUT2D eigenvalue weighted by molar-refractivity contribution is 5.75. The van der Waals surface area contributed by atoms with Crippen LogP contribution in [0.1, 0.15) is 39.5 Å². The van der Waals surface area contributed by atoms with Crippen molar-refractivity contribution in [2.24, 2.45) is 11.8 Å². The summed E-state index contributed by atoms with van der Waals surface area (Å²) in [6.07, 6.45) is 4.72. The highest BCUT2D eigenvalue weighted by Crippen LogP contribution is 2.26. The van der Waals surface area contributed by atoms with E-state index in [-0.39, 0.29) is 18.4 Å². The molecule has 0 aliphatic heterocycles. The zero-order valence-electron chi connectivity index (χ0n) is 12.5. The van der Waals surface area contributed by atoms with Gasteiger partial charge in [-0.15, -0.1) is 6.58 Å². The summed E-state index contributed by atoms with van der Waals surface area (Å²) in [4.78, 5) is 24.7. The smallest absolute Gasteiger partial charge is 0.317 e. The Labute approximate surface area is 121 Å². The molecule has 1 aliphatic rings. The lowest BCUT2D eigenvalue weighted by atomic mass is 9.94. The van der Waals surface area contributed by atoms with Crippen LogP contribution in [0.3, 0.4) is 0 Å². The number of hydrogen-bond acceptors (Lipinski definition) is 2. The molecule has 0 aromatic rings. The molecule has 2 N–H and O–H groups in total. The molecule has 5 heteroatoms. The SMILES string of the molecule is C=CCN(C(=O)NC[C@H](CC(=O)O)CC(C)C)C1CC1. The predicted octanol–water partition coefficient (Wildman–Crippen LogP) is 2.48. The summed E-state index contributed by atoms with van der Waals surface area (Å²) in [5.74, 6) is -0.403. The lowest BCUT2D eigenvalue weighted by molar-refractivity contribution is -0.138. The molecule has 0 radical (unpaired) electrons. The van der Waals surface area contributed by atoms with E-state index in [0.29, 0.717) is 25.0 Å². The largest absolute Gasteiger partial charge is 0.481 e. The molecule has 5 nitrogen and oxygen atoms in total. The van der Waals surface area contributed by atoms with E-state index in [2.05, 4.69) is 25.7 Å². The van der Waals surface area contributed by atoms with Crippen molar-refractivity contribution in [3.8, 4) is 0 Å². The number of amides is 2. The van der Waals surface area contributed by atoms with Gasteiger partial charge < -0.3 is 15.3 Å². The first kappa shape index (κ1) is 16.5. The van der Waals surface area contributed by atoms with Crippen LogP contribution < -0.4 is 5.32 Å². The molecule has 0 heterocycles. The fourth-order valence-electron chi connectivity index (χ4n) is 2.41. The third kappa shape index (κ3) is 6.08. The molecule has 2 amide bonds. The molecule has 1 aliphatic carbocycles. The molecule has 0 saturated heterocycles. The van der Waals surface area contributed by atoms with Crippen LogP contribution in [0.5, 0.6) is 0 Å². The summed E-state index contributed by atoms with van der Waals surface area (Å²) in [6.45, 7) is 8.75. The number of carboxylic acids is 1. The number of carboxylic acid groups (broad SMARTS) is 1. The van der Waals surface area contributed by atoms with E-state index >= 15 is 0 Å². The minimum absolute atomic E-state index is 0.0127. The van der Waals surface area contributed by atoms with Crippen molar-refractivity contribution in [3.63, 3.8) is 0 Å². The lowest BCUT2D eigenvalue weighted by Gasteiger charge is -2.24. The van der Waals surface area contributed by atoms with E-state index in [1.165, 1.54) is 0 Å². The van der Waals surface area contributed by atoms with Gasteiger partial charge in [0.25, 0.3) is 0 Å². The Morgan fingerprint density at radius 3 is 2.55 bits per heavy atom. The van der Waals surface area contributed by atoms with Gasteiger partial charge >= 0.3 is 12.0 Å². The molecule has 0 aromatic heterocycles. The van der Waals surface area contributed by atoms with Crippen LogP contribution in [-0.2, 0) is 4.79 Å². The maximum atomic E-state index is 12.1. The fraction of sp³-hybridized carbons (Fsp3) is 0.733. The summed E-state index contributed by atoms with van der Waals surface area (Å²) < 4.78 is 0. The highest BCUT2D eigenvalue weighted by Gasteiger charge is 2.31. The van der Waals surface area contributed by atoms with Crippen LogP contribution in [-0.4, -0.2) is 41.1 Å². The summed E-state index contributed by atoms with van der Waals surface area (Å²) in [7, 11) is 0. The minimum atomic E-state index is -0.810. The predicted molar refractivity (Wildman–Crippen MR) is 78.5 cm³/mol. The molecule has 0 bridgehead atoms. The number of carbonyl (C=O) groups is 2. The van der Waals surface area contributed by atoms with Crippen molar-refractivity contribution in [1.82, 2.24) is 10.2 Å². The quantitative estimate of drug-likeness (QED) is 0.638. The molecule has 1 atom stereocenters. The third-order valence-corrected chi connectivity index (χ3v) is 3.38. The van der Waals surface area contributed by atoms with Gasteiger partial charge in [-0.2, -0.15) is 0 Å². The summed E-state index contributed by atoms with van der Waals surface area (Å²) in [5, 5.41) is 11.8. The van der Waals surface area contributed by atoms with Gasteiger partial charge in [0.05, 0.1) is 0 Å². The van der Waals surface area contributed by atoms with Gasteiger partial charge in [-0.3, -0.25) is 4.79 Å². The van der Waals surface area contributed by atoms with Crippen LogP contribution in [0.15, 0.2) is 12.7 Å². The first-order valence-corrected chi connectivity index (χ1v) is 7.31. The topological polar surface area (TPSA) is 69.6 Å². The van der Waals surface area contributed by atoms with Crippen LogP contribution in [0.2, 0.25) is 0 Å². The molecular weight excluding hydrogens is 256 g/mol. The van der Waals surface area contributed by atoms with Gasteiger partial charge in [0, 0.05) is 25.6 Å². The van der Waals surface area contributed by atoms with Crippen molar-refractivity contribution >= 4 is 12.0 Å². The number of hydrogen-bond donors (Lipinski definition) is 2. The molecule has 20 heavy (non-hydrogen) atoms. The van der Waals surface area contributed by atoms with Crippen molar-refractivity contribution in [1.29, 1.82) is 0 Å². The number of rotatable bonds is 9. The Morgan fingerprint density at radius 2 is 2.10 bits per heavy atom. The Bertz CT molecular complexity index is 351. The van der Waals surface area contributed by atoms with Gasteiger partial charge in [-0.05, 0) is 31.1 Å². The summed E-state index contributed by atoms with van der Waals surface area (Å²) in [5.41, 5.74) is 0. The van der Waals surface area contributed by atoms with E-state index in [1.807, 2.05) is 0 Å². The summed E-state index contributed by atoms with van der Waals surface area (Å²) in [6, 6.07) is 0.225. The van der Waals surface area contributed by atoms with Gasteiger partial charge in [0.2, 0.25) is 0 Å². The van der Waals surface area contributed by atoms with Crippen LogP contribution >= 0.6 is 0 Å². The van der Waals surface area contributed by atoms with Crippen molar-refractivity contribution in [2.45, 2.75) is 45.6 Å². The van der Waals surface area contributed by atoms with Crippen LogP contribution in [0.25, 0.3) is 0 Å². The van der Waals surface area contributed by atoms with E-state index in [4.69, 9.17) is 5.11 Å². The Hall–Kier alpha value is -1.52. The van der Waals surface area contributed by atoms with Gasteiger partial charge in [-0.25, -0.2) is 4.79 Å². The minimum Gasteiger partial charge on any atom is -0.481 e. The standard InChI is InChI=1S/C15H26N2O3/c1-4-7-17(13-5-6-13)15(20)16-10-12(8-11(2)3)9-14(18)19/h4,11-13H,1,5-10H2,2-3H3,(H,16,20)(H,18,19)/t12-/m0/s1. The maximum absolute atomic E-state index is 12.1. The Kier molecular flexibility index (Phi) is 6.55. The molecule has 114 valence electrons. The number of carbonyl (C=O) groups excluding carboxylic acids is 1. The highest BCUT2D eigenvalue weighted by atomic mass is 16.4. The Morgan fingerprint density at radius 1 is 1.45 bits per heavy atom. The normalized spacial score (nSPS) is 15.8. The monoisotopic (exact) mass is 282 g/mol. The van der Waals surface area contributed by atoms with Crippen LogP contribution in [0, 0.1) is 11.8 Å². The second-order valence-electron chi connectivity index (χ2n) is 5.95. The molecular formula is C15H26N2O3. The second kappa shape index (κ2) is 7.92. The zero-order valence-corrected chi connectivity index (χ0v) is 12.5. The molecule has 0 aromatic carbocycles. The third-order valence-electron chi connectivity index (χ3n) is 3.38. The fourth-order valence-corrected chi connectivity index (χ4v) is 2.41. The lowest BCUT2D eigenvalue weighted by Crippen LogP contribution is -2.43. The first-order valence-electron chi connectivity index (χ1n) is 7.31. The van der Waals surface area contributed by atoms with Gasteiger partial charge in [0.1, 0.15) is 0 Å². The molecule has 1 saturated carbocycles. The van der Waals surface area contributed by atoms with Gasteiger partial charge in [-0.1, -0.05) is 19.9 Å². The second-order valence-corrected chi connectivity index (χ2v) is 5.95. The van der Waals surface area contributed by atoms with Crippen molar-refractivity contribution in [2.75, 3.05) is 13.1 Å². The van der Waals surface area contributed by atoms with E-state index < -0.39 is 5.97 Å². The summed E-state index contributed by atoms with van der Waals surface area (Å²) >= 11 is 0. The number of nitrogens with one attached hydrogen (secondary N) is 1. The average molecular weight is 282 g/mol. The van der Waals surface area contributed by atoms with Crippen LogP contribution in [0.4, 0.5) is 4.79 Å². The molecule has 1 fully saturated rings. The molecule has 0 spiro atoms.